The Balaban J connectivity index is 1.21. The van der Waals surface area contributed by atoms with Gasteiger partial charge in [-0.05, 0) is 56.5 Å². The van der Waals surface area contributed by atoms with Crippen LogP contribution in [-0.4, -0.2) is 75.7 Å². The van der Waals surface area contributed by atoms with Crippen LogP contribution in [0.1, 0.15) is 55.8 Å². The topological polar surface area (TPSA) is 84.6 Å². The van der Waals surface area contributed by atoms with Crippen molar-refractivity contribution in [1.29, 1.82) is 0 Å². The standard InChI is InChI=1S/C32H38F2N6O2/c1-35-24-11-14-40(29(18-24)25-17-23(33)9-10-26(25)34)31(42)38-15-16-39(32(21-38)12-5-6-13-32)20-28-30(41)19-27(36-37-28)22-7-3-2-4-8-22/h2-4,7-10,17,19,24,29,35H,5-6,11-16,18,20-21H2,1H3,(H,36,41)/t24-,29+/m1/s1. The highest BCUT2D eigenvalue weighted by molar-refractivity contribution is 5.75. The number of amides is 2. The molecular weight excluding hydrogens is 538 g/mol. The molecule has 3 aromatic rings. The number of carbonyl (C=O) groups excluding carboxylic acids is 1. The predicted octanol–water partition coefficient (Wildman–Crippen LogP) is 4.69. The largest absolute Gasteiger partial charge is 0.321 e. The lowest BCUT2D eigenvalue weighted by Crippen LogP contribution is -2.64. The molecule has 2 saturated heterocycles. The summed E-state index contributed by atoms with van der Waals surface area (Å²) in [7, 11) is 1.86. The lowest BCUT2D eigenvalue weighted by molar-refractivity contribution is -0.00315. The second kappa shape index (κ2) is 11.9. The number of benzene rings is 2. The van der Waals surface area contributed by atoms with Gasteiger partial charge in [0.1, 0.15) is 17.3 Å². The minimum atomic E-state index is -0.553. The van der Waals surface area contributed by atoms with E-state index in [9.17, 15) is 18.4 Å². The molecule has 1 aliphatic carbocycles. The zero-order valence-electron chi connectivity index (χ0n) is 24.0. The Hall–Kier alpha value is -3.63. The molecule has 1 aromatic heterocycles. The van der Waals surface area contributed by atoms with Gasteiger partial charge in [-0.25, -0.2) is 13.6 Å². The zero-order chi connectivity index (χ0) is 29.3. The fourth-order valence-electron chi connectivity index (χ4n) is 7.12. The third-order valence-electron chi connectivity index (χ3n) is 9.47. The zero-order valence-corrected chi connectivity index (χ0v) is 24.0. The van der Waals surface area contributed by atoms with E-state index < -0.39 is 17.7 Å². The number of likely N-dealkylation sites (tertiary alicyclic amines) is 1. The lowest BCUT2D eigenvalue weighted by atomic mass is 9.90. The average Bonchev–Trinajstić information content (AvgIpc) is 3.48. The van der Waals surface area contributed by atoms with Crippen LogP contribution in [0, 0.1) is 11.6 Å². The van der Waals surface area contributed by atoms with Gasteiger partial charge in [0.2, 0.25) is 5.43 Å². The van der Waals surface area contributed by atoms with Gasteiger partial charge >= 0.3 is 6.03 Å². The van der Waals surface area contributed by atoms with E-state index in [0.29, 0.717) is 50.5 Å². The van der Waals surface area contributed by atoms with Crippen LogP contribution in [0.2, 0.25) is 0 Å². The predicted molar refractivity (Wildman–Crippen MR) is 157 cm³/mol. The van der Waals surface area contributed by atoms with Crippen LogP contribution in [0.4, 0.5) is 13.6 Å². The maximum Gasteiger partial charge on any atom is 0.320 e. The molecular formula is C32H38F2N6O2. The SMILES string of the molecule is CN[C@@H]1CCN(C(=O)N2CCN(Cc3n[nH]c(-c4ccccc4)cc3=O)C3(CCCC3)C2)[C@H](c2cc(F)ccc2F)C1. The number of halogens is 2. The number of aromatic nitrogens is 2. The van der Waals surface area contributed by atoms with E-state index in [1.807, 2.05) is 42.3 Å². The van der Waals surface area contributed by atoms with Gasteiger partial charge in [-0.2, -0.15) is 5.10 Å². The fourth-order valence-corrected chi connectivity index (χ4v) is 7.12. The van der Waals surface area contributed by atoms with Crippen LogP contribution in [0.25, 0.3) is 11.3 Å². The second-order valence-electron chi connectivity index (χ2n) is 11.9. The Morgan fingerprint density at radius 2 is 1.86 bits per heavy atom. The highest BCUT2D eigenvalue weighted by atomic mass is 19.1. The summed E-state index contributed by atoms with van der Waals surface area (Å²) in [6.07, 6.45) is 5.23. The molecule has 2 aromatic carbocycles. The van der Waals surface area contributed by atoms with Crippen LogP contribution in [0.3, 0.4) is 0 Å². The first-order valence-corrected chi connectivity index (χ1v) is 14.9. The normalized spacial score (nSPS) is 22.5. The van der Waals surface area contributed by atoms with Gasteiger partial charge in [0.05, 0.1) is 11.7 Å². The molecule has 1 spiro atoms. The smallest absolute Gasteiger partial charge is 0.320 e. The molecule has 0 unspecified atom stereocenters. The molecule has 6 rings (SSSR count). The van der Waals surface area contributed by atoms with Crippen LogP contribution in [0.15, 0.2) is 59.4 Å². The average molecular weight is 577 g/mol. The summed E-state index contributed by atoms with van der Waals surface area (Å²) < 4.78 is 29.1. The van der Waals surface area contributed by atoms with Gasteiger partial charge in [-0.15, -0.1) is 0 Å². The van der Waals surface area contributed by atoms with Crippen LogP contribution < -0.4 is 10.7 Å². The Kier molecular flexibility index (Phi) is 8.09. The molecule has 2 N–H and O–H groups in total. The van der Waals surface area contributed by atoms with E-state index in [-0.39, 0.29) is 28.6 Å². The van der Waals surface area contributed by atoms with Crippen molar-refractivity contribution in [3.8, 4) is 11.3 Å². The number of piperazine rings is 1. The van der Waals surface area contributed by atoms with E-state index in [2.05, 4.69) is 20.4 Å². The van der Waals surface area contributed by atoms with Crippen molar-refractivity contribution >= 4 is 6.03 Å². The number of urea groups is 1. The lowest BCUT2D eigenvalue weighted by Gasteiger charge is -2.51. The first-order chi connectivity index (χ1) is 20.4. The molecule has 10 heteroatoms. The minimum absolute atomic E-state index is 0.105. The highest BCUT2D eigenvalue weighted by Crippen LogP contribution is 2.40. The number of nitrogens with one attached hydrogen (secondary N) is 2. The van der Waals surface area contributed by atoms with Gasteiger partial charge < -0.3 is 15.1 Å². The molecule has 0 bridgehead atoms. The van der Waals surface area contributed by atoms with Crippen molar-refractivity contribution in [2.45, 2.75) is 62.7 Å². The number of hydrogen-bond donors (Lipinski definition) is 2. The first-order valence-electron chi connectivity index (χ1n) is 14.9. The number of carbonyl (C=O) groups is 1. The Labute approximate surface area is 244 Å². The summed E-state index contributed by atoms with van der Waals surface area (Å²) >= 11 is 0. The van der Waals surface area contributed by atoms with E-state index in [1.54, 1.807) is 11.0 Å². The van der Waals surface area contributed by atoms with E-state index >= 15 is 0 Å². The van der Waals surface area contributed by atoms with E-state index in [0.717, 1.165) is 49.8 Å². The van der Waals surface area contributed by atoms with Crippen LogP contribution in [0.5, 0.6) is 0 Å². The summed E-state index contributed by atoms with van der Waals surface area (Å²) in [6, 6.07) is 14.2. The number of piperidine rings is 1. The van der Waals surface area contributed by atoms with Gasteiger partial charge in [0.25, 0.3) is 0 Å². The molecule has 8 nitrogen and oxygen atoms in total. The summed E-state index contributed by atoms with van der Waals surface area (Å²) in [5, 5.41) is 10.8. The Morgan fingerprint density at radius 3 is 2.60 bits per heavy atom. The fraction of sp³-hybridized carbons (Fsp3) is 0.469. The van der Waals surface area contributed by atoms with Crippen molar-refractivity contribution in [3.05, 3.63) is 87.7 Å². The van der Waals surface area contributed by atoms with Crippen molar-refractivity contribution < 1.29 is 13.6 Å². The molecule has 2 atom stereocenters. The summed E-state index contributed by atoms with van der Waals surface area (Å²) in [5.74, 6) is -1.01. The highest BCUT2D eigenvalue weighted by Gasteiger charge is 2.47. The number of rotatable bonds is 5. The van der Waals surface area contributed by atoms with Crippen molar-refractivity contribution in [3.63, 3.8) is 0 Å². The molecule has 3 fully saturated rings. The number of aromatic amines is 1. The summed E-state index contributed by atoms with van der Waals surface area (Å²) in [5.41, 5.74) is 1.93. The third-order valence-corrected chi connectivity index (χ3v) is 9.47. The number of hydrogen-bond acceptors (Lipinski definition) is 5. The Bertz CT molecular complexity index is 1480. The van der Waals surface area contributed by atoms with Gasteiger partial charge in [-0.1, -0.05) is 43.2 Å². The van der Waals surface area contributed by atoms with Gasteiger partial charge in [-0.3, -0.25) is 14.8 Å². The molecule has 1 saturated carbocycles. The minimum Gasteiger partial charge on any atom is -0.321 e. The number of nitrogens with zero attached hydrogens (tertiary/aromatic N) is 4. The Morgan fingerprint density at radius 1 is 1.07 bits per heavy atom. The maximum absolute atomic E-state index is 14.9. The van der Waals surface area contributed by atoms with Gasteiger partial charge in [0, 0.05) is 55.9 Å². The molecule has 3 aliphatic rings. The third kappa shape index (κ3) is 5.57. The van der Waals surface area contributed by atoms with Crippen molar-refractivity contribution in [1.82, 2.24) is 30.2 Å². The summed E-state index contributed by atoms with van der Waals surface area (Å²) in [4.78, 5) is 33.1. The van der Waals surface area contributed by atoms with Crippen molar-refractivity contribution in [2.75, 3.05) is 33.2 Å². The van der Waals surface area contributed by atoms with Crippen LogP contribution >= 0.6 is 0 Å². The monoisotopic (exact) mass is 576 g/mol. The van der Waals surface area contributed by atoms with Crippen molar-refractivity contribution in [2.24, 2.45) is 0 Å². The molecule has 42 heavy (non-hydrogen) atoms. The van der Waals surface area contributed by atoms with Crippen LogP contribution in [-0.2, 0) is 6.54 Å². The molecule has 2 aliphatic heterocycles. The molecule has 0 radical (unpaired) electrons. The summed E-state index contributed by atoms with van der Waals surface area (Å²) in [6.45, 7) is 2.52. The van der Waals surface area contributed by atoms with Gasteiger partial charge in [0.15, 0.2) is 0 Å². The molecule has 3 heterocycles. The molecule has 2 amide bonds. The van der Waals surface area contributed by atoms with E-state index in [4.69, 9.17) is 0 Å². The maximum atomic E-state index is 14.9. The first kappa shape index (κ1) is 28.5. The quantitative estimate of drug-likeness (QED) is 0.461. The van der Waals surface area contributed by atoms with E-state index in [1.165, 1.54) is 6.07 Å². The number of H-pyrrole nitrogens is 1. The second-order valence-corrected chi connectivity index (χ2v) is 11.9. The molecule has 222 valence electrons.